The van der Waals surface area contributed by atoms with Gasteiger partial charge in [0.25, 0.3) is 0 Å². The van der Waals surface area contributed by atoms with Gasteiger partial charge in [-0.15, -0.1) is 0 Å². The van der Waals surface area contributed by atoms with Gasteiger partial charge >= 0.3 is 17.9 Å². The van der Waals surface area contributed by atoms with Crippen molar-refractivity contribution < 1.29 is 28.6 Å². The molecule has 6 nitrogen and oxygen atoms in total. The highest BCUT2D eigenvalue weighted by Gasteiger charge is 2.19. The summed E-state index contributed by atoms with van der Waals surface area (Å²) in [4.78, 5) is 38.2. The van der Waals surface area contributed by atoms with Gasteiger partial charge in [0, 0.05) is 19.3 Å². The Morgan fingerprint density at radius 2 is 0.557 bits per heavy atom. The molecule has 0 bridgehead atoms. The van der Waals surface area contributed by atoms with Crippen LogP contribution in [-0.2, 0) is 28.6 Å². The Morgan fingerprint density at radius 3 is 0.900 bits per heavy atom. The van der Waals surface area contributed by atoms with Crippen LogP contribution in [0.3, 0.4) is 0 Å². The fourth-order valence-corrected chi connectivity index (χ4v) is 7.91. The normalized spacial score (nSPS) is 12.8. The Labute approximate surface area is 432 Å². The zero-order chi connectivity index (χ0) is 50.7. The number of rotatable bonds is 52. The zero-order valence-corrected chi connectivity index (χ0v) is 45.8. The van der Waals surface area contributed by atoms with Crippen molar-refractivity contribution >= 4 is 17.9 Å². The van der Waals surface area contributed by atoms with Crippen molar-refractivity contribution in [2.75, 3.05) is 13.2 Å². The molecular formula is C64H108O6. The largest absolute Gasteiger partial charge is 0.462 e. The molecule has 0 N–H and O–H groups in total. The maximum Gasteiger partial charge on any atom is 0.306 e. The van der Waals surface area contributed by atoms with Crippen LogP contribution < -0.4 is 0 Å². The summed E-state index contributed by atoms with van der Waals surface area (Å²) >= 11 is 0. The fourth-order valence-electron chi connectivity index (χ4n) is 7.91. The van der Waals surface area contributed by atoms with Crippen LogP contribution in [0.5, 0.6) is 0 Å². The van der Waals surface area contributed by atoms with Crippen LogP contribution in [0.2, 0.25) is 0 Å². The molecule has 0 aromatic heterocycles. The van der Waals surface area contributed by atoms with E-state index in [1.807, 2.05) is 0 Å². The molecule has 0 fully saturated rings. The van der Waals surface area contributed by atoms with Crippen LogP contribution in [0.15, 0.2) is 97.2 Å². The molecule has 0 heterocycles. The highest BCUT2D eigenvalue weighted by Crippen LogP contribution is 2.14. The second-order valence-electron chi connectivity index (χ2n) is 19.2. The summed E-state index contributed by atoms with van der Waals surface area (Å²) in [5.74, 6) is -0.933. The summed E-state index contributed by atoms with van der Waals surface area (Å²) in [6.07, 6.45) is 76.8. The first-order valence-electron chi connectivity index (χ1n) is 29.2. The summed E-state index contributed by atoms with van der Waals surface area (Å²) in [5.41, 5.74) is 0. The summed E-state index contributed by atoms with van der Waals surface area (Å²) in [6.45, 7) is 6.46. The Bertz CT molecular complexity index is 1400. The van der Waals surface area contributed by atoms with E-state index in [9.17, 15) is 14.4 Å². The molecule has 0 aromatic carbocycles. The third kappa shape index (κ3) is 55.3. The number of carbonyl (C=O) groups excluding carboxylic acids is 3. The summed E-state index contributed by atoms with van der Waals surface area (Å²) in [7, 11) is 0. The van der Waals surface area contributed by atoms with Crippen LogP contribution in [-0.4, -0.2) is 37.2 Å². The second kappa shape index (κ2) is 57.9. The first-order chi connectivity index (χ1) is 34.5. The average Bonchev–Trinajstić information content (AvgIpc) is 3.36. The van der Waals surface area contributed by atoms with Gasteiger partial charge in [-0.3, -0.25) is 14.4 Å². The van der Waals surface area contributed by atoms with Gasteiger partial charge < -0.3 is 14.2 Å². The number of hydrogen-bond donors (Lipinski definition) is 0. The zero-order valence-electron chi connectivity index (χ0n) is 45.8. The van der Waals surface area contributed by atoms with Gasteiger partial charge in [-0.2, -0.15) is 0 Å². The van der Waals surface area contributed by atoms with Crippen molar-refractivity contribution in [2.45, 2.75) is 277 Å². The van der Waals surface area contributed by atoms with E-state index < -0.39 is 6.10 Å². The van der Waals surface area contributed by atoms with E-state index in [0.29, 0.717) is 19.3 Å². The van der Waals surface area contributed by atoms with Crippen molar-refractivity contribution in [3.8, 4) is 0 Å². The SMILES string of the molecule is CC/C=C\C/C=C\C/C=C\C/C=C\CCCCCCC(=O)OC(COC(=O)CCCCCCC/C=C\C/C=C\CCCCCC)COC(=O)CCCCCCCCCCC/C=C\C/C=C\CCCCC. The van der Waals surface area contributed by atoms with Gasteiger partial charge in [-0.25, -0.2) is 0 Å². The van der Waals surface area contributed by atoms with Crippen molar-refractivity contribution in [1.29, 1.82) is 0 Å². The molecule has 0 aliphatic heterocycles. The molecule has 0 aliphatic rings. The predicted molar refractivity (Wildman–Crippen MR) is 302 cm³/mol. The van der Waals surface area contributed by atoms with E-state index in [1.54, 1.807) is 0 Å². The fraction of sp³-hybridized carbons (Fsp3) is 0.703. The first-order valence-corrected chi connectivity index (χ1v) is 29.2. The van der Waals surface area contributed by atoms with Crippen molar-refractivity contribution in [1.82, 2.24) is 0 Å². The molecule has 0 aromatic rings. The van der Waals surface area contributed by atoms with E-state index in [4.69, 9.17) is 14.2 Å². The predicted octanol–water partition coefficient (Wildman–Crippen LogP) is 19.7. The lowest BCUT2D eigenvalue weighted by Gasteiger charge is -2.18. The quantitative estimate of drug-likeness (QED) is 0.0262. The monoisotopic (exact) mass is 973 g/mol. The standard InChI is InChI=1S/C64H108O6/c1-4-7-10-13-16-19-22-25-28-31-32-34-36-39-42-45-48-51-54-57-63(66)69-60-61(59-68-62(65)56-53-50-47-44-41-38-35-30-27-24-21-18-15-12-9-6-3)70-64(67)58-55-52-49-46-43-40-37-33-29-26-23-20-17-14-11-8-5-2/h8,11,16-17,19-21,24-26,28-30,35,37,40,61H,4-7,9-10,12-15,18,22-23,27,31-34,36,38-39,41-60H2,1-3H3/b11-8-,19-16-,20-17-,24-21-,28-25-,29-26-,35-30-,40-37-. The Kier molecular flexibility index (Phi) is 54.9. The topological polar surface area (TPSA) is 78.9 Å². The third-order valence-corrected chi connectivity index (χ3v) is 12.3. The molecule has 1 unspecified atom stereocenters. The molecule has 0 amide bonds. The van der Waals surface area contributed by atoms with Gasteiger partial charge in [-0.1, -0.05) is 227 Å². The smallest absolute Gasteiger partial charge is 0.306 e. The number of esters is 3. The molecule has 6 heteroatoms. The van der Waals surface area contributed by atoms with E-state index in [2.05, 4.69) is 118 Å². The van der Waals surface area contributed by atoms with Crippen LogP contribution in [0.4, 0.5) is 0 Å². The Morgan fingerprint density at radius 1 is 0.300 bits per heavy atom. The highest BCUT2D eigenvalue weighted by molar-refractivity contribution is 5.71. The van der Waals surface area contributed by atoms with E-state index in [-0.39, 0.29) is 31.1 Å². The van der Waals surface area contributed by atoms with Crippen molar-refractivity contribution in [3.63, 3.8) is 0 Å². The lowest BCUT2D eigenvalue weighted by Crippen LogP contribution is -2.30. The minimum atomic E-state index is -0.800. The third-order valence-electron chi connectivity index (χ3n) is 12.3. The van der Waals surface area contributed by atoms with E-state index in [1.165, 1.54) is 103 Å². The average molecular weight is 974 g/mol. The lowest BCUT2D eigenvalue weighted by molar-refractivity contribution is -0.167. The molecule has 0 saturated heterocycles. The number of hydrogen-bond acceptors (Lipinski definition) is 6. The molecule has 70 heavy (non-hydrogen) atoms. The van der Waals surface area contributed by atoms with Gasteiger partial charge in [-0.05, 0) is 122 Å². The van der Waals surface area contributed by atoms with Crippen LogP contribution in [0.1, 0.15) is 271 Å². The molecule has 0 radical (unpaired) electrons. The number of unbranched alkanes of at least 4 members (excludes halogenated alkanes) is 25. The number of allylic oxidation sites excluding steroid dienone is 16. The Hall–Kier alpha value is -3.67. The molecule has 400 valence electrons. The minimum absolute atomic E-state index is 0.0948. The maximum absolute atomic E-state index is 12.9. The molecule has 0 aliphatic carbocycles. The molecular weight excluding hydrogens is 865 g/mol. The van der Waals surface area contributed by atoms with Crippen LogP contribution in [0, 0.1) is 0 Å². The van der Waals surface area contributed by atoms with Gasteiger partial charge in [0.2, 0.25) is 0 Å². The minimum Gasteiger partial charge on any atom is -0.462 e. The van der Waals surface area contributed by atoms with Crippen LogP contribution in [0.25, 0.3) is 0 Å². The lowest BCUT2D eigenvalue weighted by atomic mass is 10.1. The molecule has 0 spiro atoms. The van der Waals surface area contributed by atoms with Gasteiger partial charge in [0.1, 0.15) is 13.2 Å². The summed E-state index contributed by atoms with van der Waals surface area (Å²) in [5, 5.41) is 0. The number of carbonyl (C=O) groups is 3. The number of ether oxygens (including phenoxy) is 3. The van der Waals surface area contributed by atoms with E-state index in [0.717, 1.165) is 128 Å². The molecule has 1 atom stereocenters. The summed E-state index contributed by atoms with van der Waals surface area (Å²) in [6, 6.07) is 0. The maximum atomic E-state index is 12.9. The van der Waals surface area contributed by atoms with Crippen molar-refractivity contribution in [2.24, 2.45) is 0 Å². The summed E-state index contributed by atoms with van der Waals surface area (Å²) < 4.78 is 16.9. The second-order valence-corrected chi connectivity index (χ2v) is 19.2. The Balaban J connectivity index is 4.45. The van der Waals surface area contributed by atoms with Gasteiger partial charge in [0.15, 0.2) is 6.10 Å². The van der Waals surface area contributed by atoms with Gasteiger partial charge in [0.05, 0.1) is 0 Å². The highest BCUT2D eigenvalue weighted by atomic mass is 16.6. The first kappa shape index (κ1) is 66.3. The molecule has 0 saturated carbocycles. The molecule has 0 rings (SSSR count). The van der Waals surface area contributed by atoms with Crippen LogP contribution >= 0.6 is 0 Å². The van der Waals surface area contributed by atoms with E-state index >= 15 is 0 Å². The van der Waals surface area contributed by atoms with Crippen molar-refractivity contribution in [3.05, 3.63) is 97.2 Å².